The fourth-order valence-electron chi connectivity index (χ4n) is 3.95. The summed E-state index contributed by atoms with van der Waals surface area (Å²) in [6.07, 6.45) is 10.2. The number of anilines is 1. The molecule has 34 heavy (non-hydrogen) atoms. The van der Waals surface area contributed by atoms with Crippen LogP contribution >= 0.6 is 23.1 Å². The maximum atomic E-state index is 12.9. The molecule has 1 N–H and O–H groups in total. The van der Waals surface area contributed by atoms with E-state index in [0.717, 1.165) is 43.2 Å². The fraction of sp³-hybridized carbons (Fsp3) is 0.375. The van der Waals surface area contributed by atoms with Gasteiger partial charge in [0, 0.05) is 29.4 Å². The Bertz CT molecular complexity index is 1170. The van der Waals surface area contributed by atoms with Crippen LogP contribution in [-0.2, 0) is 28.9 Å². The molecule has 3 heterocycles. The predicted molar refractivity (Wildman–Crippen MR) is 134 cm³/mol. The minimum absolute atomic E-state index is 0.135. The van der Waals surface area contributed by atoms with Crippen LogP contribution < -0.4 is 5.32 Å². The van der Waals surface area contributed by atoms with Gasteiger partial charge in [0.05, 0.1) is 17.9 Å². The molecule has 178 valence electrons. The van der Waals surface area contributed by atoms with Gasteiger partial charge in [-0.3, -0.25) is 14.3 Å². The normalized spacial score (nSPS) is 13.1. The van der Waals surface area contributed by atoms with Gasteiger partial charge in [0.25, 0.3) is 0 Å². The first-order chi connectivity index (χ1) is 16.6. The molecule has 4 rings (SSSR count). The van der Waals surface area contributed by atoms with Gasteiger partial charge in [0.15, 0.2) is 11.0 Å². The molecule has 0 bridgehead atoms. The second-order valence-electron chi connectivity index (χ2n) is 7.77. The average Bonchev–Trinajstić information content (AvgIpc) is 3.31. The minimum atomic E-state index is -0.363. The number of amides is 1. The topological polar surface area (TPSA) is 99.0 Å². The smallest absolute Gasteiger partial charge is 0.341 e. The number of aromatic nitrogens is 4. The third-order valence-electron chi connectivity index (χ3n) is 5.45. The van der Waals surface area contributed by atoms with Gasteiger partial charge in [0.1, 0.15) is 5.00 Å². The number of nitrogens with one attached hydrogen (secondary N) is 1. The van der Waals surface area contributed by atoms with E-state index < -0.39 is 0 Å². The van der Waals surface area contributed by atoms with Crippen molar-refractivity contribution in [1.82, 2.24) is 19.7 Å². The molecule has 1 amide bonds. The van der Waals surface area contributed by atoms with Gasteiger partial charge in [0.2, 0.25) is 5.91 Å². The maximum absolute atomic E-state index is 12.9. The summed E-state index contributed by atoms with van der Waals surface area (Å²) >= 11 is 2.79. The number of thioether (sulfide) groups is 1. The van der Waals surface area contributed by atoms with E-state index in [4.69, 9.17) is 4.74 Å². The van der Waals surface area contributed by atoms with E-state index in [1.165, 1.54) is 28.0 Å². The monoisotopic (exact) mass is 497 g/mol. The molecule has 1 aliphatic carbocycles. The Balaban J connectivity index is 1.50. The van der Waals surface area contributed by atoms with E-state index in [1.807, 2.05) is 16.7 Å². The highest BCUT2D eigenvalue weighted by molar-refractivity contribution is 7.99. The molecule has 0 spiro atoms. The standard InChI is InChI=1S/C24H27N5O3S2/c1-3-14-29-21(16-10-12-25-13-11-16)27-28-24(29)33-15-19(30)26-22-20(23(31)32-4-2)17-8-6-5-7-9-18(17)34-22/h3,10-13H,1,4-9,14-15H2,2H3,(H,26,30). The van der Waals surface area contributed by atoms with Crippen LogP contribution in [0.1, 0.15) is 47.0 Å². The van der Waals surface area contributed by atoms with Crippen LogP contribution in [-0.4, -0.2) is 44.0 Å². The van der Waals surface area contributed by atoms with Gasteiger partial charge in [-0.25, -0.2) is 4.79 Å². The van der Waals surface area contributed by atoms with Crippen molar-refractivity contribution < 1.29 is 14.3 Å². The number of ether oxygens (including phenoxy) is 1. The number of pyridine rings is 1. The number of carbonyl (C=O) groups is 2. The molecule has 8 nitrogen and oxygen atoms in total. The molecule has 0 fully saturated rings. The van der Waals surface area contributed by atoms with Gasteiger partial charge in [-0.2, -0.15) is 0 Å². The second kappa shape index (κ2) is 11.4. The number of carbonyl (C=O) groups excluding carboxylic acids is 2. The van der Waals surface area contributed by atoms with Gasteiger partial charge < -0.3 is 10.1 Å². The SMILES string of the molecule is C=CCn1c(SCC(=O)Nc2sc3c(c2C(=O)OCC)CCCCC3)nnc1-c1ccncc1. The van der Waals surface area contributed by atoms with Crippen LogP contribution in [0.25, 0.3) is 11.4 Å². The molecule has 0 unspecified atom stereocenters. The van der Waals surface area contributed by atoms with Crippen molar-refractivity contribution in [3.8, 4) is 11.4 Å². The van der Waals surface area contributed by atoms with E-state index in [9.17, 15) is 9.59 Å². The van der Waals surface area contributed by atoms with Crippen LogP contribution in [0.15, 0.2) is 42.3 Å². The maximum Gasteiger partial charge on any atom is 0.341 e. The van der Waals surface area contributed by atoms with Crippen LogP contribution in [0.5, 0.6) is 0 Å². The van der Waals surface area contributed by atoms with Crippen molar-refractivity contribution in [2.45, 2.75) is 50.7 Å². The van der Waals surface area contributed by atoms with Crippen molar-refractivity contribution in [2.75, 3.05) is 17.7 Å². The molecule has 1 aliphatic rings. The number of fused-ring (bicyclic) bond motifs is 1. The lowest BCUT2D eigenvalue weighted by Gasteiger charge is -2.09. The number of hydrogen-bond donors (Lipinski definition) is 1. The van der Waals surface area contributed by atoms with Crippen molar-refractivity contribution in [2.24, 2.45) is 0 Å². The third-order valence-corrected chi connectivity index (χ3v) is 7.63. The Kier molecular flexibility index (Phi) is 8.12. The quantitative estimate of drug-likeness (QED) is 0.197. The number of nitrogens with zero attached hydrogens (tertiary/aromatic N) is 4. The molecular weight excluding hydrogens is 470 g/mol. The van der Waals surface area contributed by atoms with Crippen LogP contribution in [0.4, 0.5) is 5.00 Å². The van der Waals surface area contributed by atoms with Gasteiger partial charge in [-0.15, -0.1) is 28.1 Å². The Morgan fingerprint density at radius 1 is 1.24 bits per heavy atom. The van der Waals surface area contributed by atoms with E-state index in [-0.39, 0.29) is 17.6 Å². The summed E-state index contributed by atoms with van der Waals surface area (Å²) in [5.41, 5.74) is 2.45. The number of thiophene rings is 1. The summed E-state index contributed by atoms with van der Waals surface area (Å²) < 4.78 is 7.22. The van der Waals surface area contributed by atoms with Crippen molar-refractivity contribution in [3.05, 3.63) is 53.2 Å². The van der Waals surface area contributed by atoms with Crippen LogP contribution in [0, 0.1) is 0 Å². The highest BCUT2D eigenvalue weighted by atomic mass is 32.2. The molecule has 0 saturated heterocycles. The zero-order valence-corrected chi connectivity index (χ0v) is 20.7. The summed E-state index contributed by atoms with van der Waals surface area (Å²) in [4.78, 5) is 30.8. The highest BCUT2D eigenvalue weighted by Gasteiger charge is 2.26. The van der Waals surface area contributed by atoms with Crippen molar-refractivity contribution in [1.29, 1.82) is 0 Å². The predicted octanol–water partition coefficient (Wildman–Crippen LogP) is 4.76. The largest absolute Gasteiger partial charge is 0.462 e. The minimum Gasteiger partial charge on any atom is -0.462 e. The van der Waals surface area contributed by atoms with Crippen molar-refractivity contribution in [3.63, 3.8) is 0 Å². The Morgan fingerprint density at radius 2 is 2.03 bits per heavy atom. The molecule has 3 aromatic heterocycles. The fourth-order valence-corrected chi connectivity index (χ4v) is 5.99. The Morgan fingerprint density at radius 3 is 2.79 bits per heavy atom. The van der Waals surface area contributed by atoms with Crippen LogP contribution in [0.2, 0.25) is 0 Å². The van der Waals surface area contributed by atoms with E-state index in [0.29, 0.717) is 34.7 Å². The number of aryl methyl sites for hydroxylation is 1. The van der Waals surface area contributed by atoms with E-state index in [1.54, 1.807) is 25.4 Å². The summed E-state index contributed by atoms with van der Waals surface area (Å²) in [5.74, 6) is 0.260. The lowest BCUT2D eigenvalue weighted by Crippen LogP contribution is -2.17. The zero-order chi connectivity index (χ0) is 23.9. The van der Waals surface area contributed by atoms with Crippen molar-refractivity contribution >= 4 is 40.0 Å². The first-order valence-electron chi connectivity index (χ1n) is 11.3. The first-order valence-corrected chi connectivity index (χ1v) is 13.1. The van der Waals surface area contributed by atoms with Gasteiger partial charge in [-0.1, -0.05) is 24.3 Å². The zero-order valence-electron chi connectivity index (χ0n) is 19.1. The lowest BCUT2D eigenvalue weighted by molar-refractivity contribution is -0.113. The Labute approximate surface area is 206 Å². The Hall–Kier alpha value is -2.98. The summed E-state index contributed by atoms with van der Waals surface area (Å²) in [6, 6.07) is 3.73. The number of rotatable bonds is 9. The third kappa shape index (κ3) is 5.39. The molecule has 3 aromatic rings. The average molecular weight is 498 g/mol. The first kappa shape index (κ1) is 24.2. The summed E-state index contributed by atoms with van der Waals surface area (Å²) in [7, 11) is 0. The molecule has 0 atom stereocenters. The molecular formula is C24H27N5O3S2. The number of hydrogen-bond acceptors (Lipinski definition) is 8. The molecule has 0 aliphatic heterocycles. The summed E-state index contributed by atoms with van der Waals surface area (Å²) in [6.45, 7) is 6.42. The van der Waals surface area contributed by atoms with Crippen LogP contribution in [0.3, 0.4) is 0 Å². The molecule has 10 heteroatoms. The highest BCUT2D eigenvalue weighted by Crippen LogP contribution is 2.38. The van der Waals surface area contributed by atoms with E-state index in [2.05, 4.69) is 27.1 Å². The summed E-state index contributed by atoms with van der Waals surface area (Å²) in [5, 5.41) is 12.7. The lowest BCUT2D eigenvalue weighted by atomic mass is 10.1. The second-order valence-corrected chi connectivity index (χ2v) is 9.81. The van der Waals surface area contributed by atoms with Gasteiger partial charge >= 0.3 is 5.97 Å². The molecule has 0 radical (unpaired) electrons. The number of esters is 1. The molecule has 0 saturated carbocycles. The van der Waals surface area contributed by atoms with Gasteiger partial charge in [-0.05, 0) is 50.3 Å². The molecule has 0 aromatic carbocycles. The number of allylic oxidation sites excluding steroid dienone is 1. The van der Waals surface area contributed by atoms with E-state index >= 15 is 0 Å².